The van der Waals surface area contributed by atoms with Crippen LogP contribution in [-0.4, -0.2) is 53.5 Å². The normalized spacial score (nSPS) is 14.5. The second-order valence-electron chi connectivity index (χ2n) is 5.44. The molecular formula is C17H23ClO6. The Bertz CT molecular complexity index is 507. The van der Waals surface area contributed by atoms with Gasteiger partial charge in [-0.3, -0.25) is 4.79 Å². The number of benzene rings is 1. The summed E-state index contributed by atoms with van der Waals surface area (Å²) >= 11 is 5.79. The van der Waals surface area contributed by atoms with E-state index in [1.165, 1.54) is 7.11 Å². The van der Waals surface area contributed by atoms with Gasteiger partial charge >= 0.3 is 11.9 Å². The van der Waals surface area contributed by atoms with Gasteiger partial charge < -0.3 is 19.7 Å². The molecule has 0 saturated heterocycles. The van der Waals surface area contributed by atoms with Crippen LogP contribution in [0, 0.1) is 0 Å². The van der Waals surface area contributed by atoms with E-state index < -0.39 is 30.3 Å². The van der Waals surface area contributed by atoms with Gasteiger partial charge in [0.1, 0.15) is 6.10 Å². The third-order valence-electron chi connectivity index (χ3n) is 3.44. The van der Waals surface area contributed by atoms with Crippen molar-refractivity contribution in [3.8, 4) is 0 Å². The van der Waals surface area contributed by atoms with Gasteiger partial charge in [0, 0.05) is 12.8 Å². The van der Waals surface area contributed by atoms with Gasteiger partial charge in [0.05, 0.1) is 30.8 Å². The summed E-state index contributed by atoms with van der Waals surface area (Å²) in [6.45, 7) is 0. The van der Waals surface area contributed by atoms with Crippen molar-refractivity contribution in [3.05, 3.63) is 35.9 Å². The highest BCUT2D eigenvalue weighted by Gasteiger charge is 2.21. The lowest BCUT2D eigenvalue weighted by molar-refractivity contribution is -0.141. The van der Waals surface area contributed by atoms with Crippen molar-refractivity contribution >= 4 is 23.5 Å². The number of hydrogen-bond donors (Lipinski definition) is 2. The van der Waals surface area contributed by atoms with Crippen LogP contribution in [0.2, 0.25) is 0 Å². The molecule has 0 fully saturated rings. The summed E-state index contributed by atoms with van der Waals surface area (Å²) in [4.78, 5) is 23.0. The molecule has 0 aromatic heterocycles. The van der Waals surface area contributed by atoms with E-state index in [1.54, 1.807) is 30.3 Å². The molecule has 0 aliphatic rings. The molecule has 0 aliphatic heterocycles. The predicted octanol–water partition coefficient (Wildman–Crippen LogP) is 1.91. The lowest BCUT2D eigenvalue weighted by Gasteiger charge is -2.20. The van der Waals surface area contributed by atoms with Crippen LogP contribution in [0.25, 0.3) is 0 Å². The first-order chi connectivity index (χ1) is 11.5. The van der Waals surface area contributed by atoms with Gasteiger partial charge in [-0.15, -0.1) is 11.6 Å². The quantitative estimate of drug-likeness (QED) is 0.490. The maximum absolute atomic E-state index is 12.0. The number of ether oxygens (including phenoxy) is 2. The van der Waals surface area contributed by atoms with E-state index in [4.69, 9.17) is 16.3 Å². The largest absolute Gasteiger partial charge is 0.469 e. The Morgan fingerprint density at radius 2 is 1.79 bits per heavy atom. The summed E-state index contributed by atoms with van der Waals surface area (Å²) in [5, 5.41) is 19.8. The van der Waals surface area contributed by atoms with Gasteiger partial charge in [-0.2, -0.15) is 0 Å². The maximum Gasteiger partial charge on any atom is 0.338 e. The highest BCUT2D eigenvalue weighted by Crippen LogP contribution is 2.14. The minimum Gasteiger partial charge on any atom is -0.469 e. The molecule has 1 aromatic carbocycles. The first kappa shape index (κ1) is 20.4. The lowest BCUT2D eigenvalue weighted by Crippen LogP contribution is -2.28. The predicted molar refractivity (Wildman–Crippen MR) is 88.9 cm³/mol. The number of hydrogen-bond acceptors (Lipinski definition) is 6. The standard InChI is InChI=1S/C17H23ClO6/c1-23-16(21)8-7-13(19)9-14(20)10-15(11-18)24-17(22)12-5-3-2-4-6-12/h2-6,13-15,19-20H,7-11H2,1H3/t13-,14+,15-/m1/s1. The zero-order chi connectivity index (χ0) is 17.9. The number of aliphatic hydroxyl groups excluding tert-OH is 2. The zero-order valence-corrected chi connectivity index (χ0v) is 14.3. The molecular weight excluding hydrogens is 336 g/mol. The Balaban J connectivity index is 2.41. The molecule has 2 N–H and O–H groups in total. The van der Waals surface area contributed by atoms with Crippen LogP contribution >= 0.6 is 11.6 Å². The summed E-state index contributed by atoms with van der Waals surface area (Å²) in [5.74, 6) is -0.896. The molecule has 6 nitrogen and oxygen atoms in total. The molecule has 7 heteroatoms. The minimum atomic E-state index is -0.898. The van der Waals surface area contributed by atoms with E-state index in [9.17, 15) is 19.8 Å². The van der Waals surface area contributed by atoms with Crippen molar-refractivity contribution in [2.24, 2.45) is 0 Å². The van der Waals surface area contributed by atoms with Gasteiger partial charge in [0.15, 0.2) is 0 Å². The molecule has 0 heterocycles. The molecule has 1 rings (SSSR count). The van der Waals surface area contributed by atoms with Crippen LogP contribution in [0.15, 0.2) is 30.3 Å². The minimum absolute atomic E-state index is 0.0356. The van der Waals surface area contributed by atoms with E-state index in [0.29, 0.717) is 5.56 Å². The molecule has 3 atom stereocenters. The fourth-order valence-electron chi connectivity index (χ4n) is 2.15. The van der Waals surface area contributed by atoms with Crippen LogP contribution in [0.5, 0.6) is 0 Å². The average molecular weight is 359 g/mol. The first-order valence-electron chi connectivity index (χ1n) is 7.71. The fourth-order valence-corrected chi connectivity index (χ4v) is 2.34. The van der Waals surface area contributed by atoms with Crippen LogP contribution < -0.4 is 0 Å². The van der Waals surface area contributed by atoms with Crippen molar-refractivity contribution in [3.63, 3.8) is 0 Å². The molecule has 0 spiro atoms. The highest BCUT2D eigenvalue weighted by atomic mass is 35.5. The number of aliphatic hydroxyl groups is 2. The maximum atomic E-state index is 12.0. The molecule has 0 aliphatic carbocycles. The van der Waals surface area contributed by atoms with Gasteiger partial charge in [-0.1, -0.05) is 18.2 Å². The summed E-state index contributed by atoms with van der Waals surface area (Å²) in [7, 11) is 1.27. The first-order valence-corrected chi connectivity index (χ1v) is 8.24. The molecule has 0 amide bonds. The van der Waals surface area contributed by atoms with Gasteiger partial charge in [-0.05, 0) is 25.0 Å². The molecule has 0 bridgehead atoms. The van der Waals surface area contributed by atoms with E-state index >= 15 is 0 Å². The fraction of sp³-hybridized carbons (Fsp3) is 0.529. The second-order valence-corrected chi connectivity index (χ2v) is 5.75. The third-order valence-corrected chi connectivity index (χ3v) is 3.79. The lowest BCUT2D eigenvalue weighted by atomic mass is 10.0. The van der Waals surface area contributed by atoms with Crippen molar-refractivity contribution in [1.29, 1.82) is 0 Å². The van der Waals surface area contributed by atoms with Crippen LogP contribution in [-0.2, 0) is 14.3 Å². The molecule has 134 valence electrons. The number of esters is 2. The summed E-state index contributed by atoms with van der Waals surface area (Å²) in [6, 6.07) is 8.48. The molecule has 0 radical (unpaired) electrons. The van der Waals surface area contributed by atoms with Crippen LogP contribution in [0.1, 0.15) is 36.0 Å². The van der Waals surface area contributed by atoms with Gasteiger partial charge in [0.2, 0.25) is 0 Å². The number of carbonyl (C=O) groups excluding carboxylic acids is 2. The van der Waals surface area contributed by atoms with Crippen molar-refractivity contribution in [2.45, 2.75) is 44.0 Å². The number of carbonyl (C=O) groups is 2. The average Bonchev–Trinajstić information content (AvgIpc) is 2.59. The van der Waals surface area contributed by atoms with E-state index in [-0.39, 0.29) is 31.6 Å². The number of halogens is 1. The Morgan fingerprint density at radius 1 is 1.12 bits per heavy atom. The summed E-state index contributed by atoms with van der Waals surface area (Å²) in [5.41, 5.74) is 0.403. The van der Waals surface area contributed by atoms with Crippen molar-refractivity contribution in [2.75, 3.05) is 13.0 Å². The third kappa shape index (κ3) is 7.77. The van der Waals surface area contributed by atoms with Crippen molar-refractivity contribution in [1.82, 2.24) is 0 Å². The Labute approximate surface area is 146 Å². The Hall–Kier alpha value is -1.63. The Morgan fingerprint density at radius 3 is 2.38 bits per heavy atom. The number of rotatable bonds is 10. The van der Waals surface area contributed by atoms with E-state index in [2.05, 4.69) is 4.74 Å². The topological polar surface area (TPSA) is 93.1 Å². The van der Waals surface area contributed by atoms with E-state index in [0.717, 1.165) is 0 Å². The highest BCUT2D eigenvalue weighted by molar-refractivity contribution is 6.18. The van der Waals surface area contributed by atoms with Crippen LogP contribution in [0.4, 0.5) is 0 Å². The molecule has 0 unspecified atom stereocenters. The van der Waals surface area contributed by atoms with Gasteiger partial charge in [0.25, 0.3) is 0 Å². The SMILES string of the molecule is COC(=O)CC[C@@H](O)C[C@H](O)C[C@H](CCl)OC(=O)c1ccccc1. The molecule has 0 saturated carbocycles. The number of methoxy groups -OCH3 is 1. The Kier molecular flexibility index (Phi) is 9.37. The van der Waals surface area contributed by atoms with Gasteiger partial charge in [-0.25, -0.2) is 4.79 Å². The van der Waals surface area contributed by atoms with Crippen molar-refractivity contribution < 1.29 is 29.3 Å². The summed E-state index contributed by atoms with van der Waals surface area (Å²) < 4.78 is 9.75. The van der Waals surface area contributed by atoms with E-state index in [1.807, 2.05) is 0 Å². The zero-order valence-electron chi connectivity index (χ0n) is 13.6. The summed E-state index contributed by atoms with van der Waals surface area (Å²) in [6.07, 6.45) is -1.97. The van der Waals surface area contributed by atoms with Crippen LogP contribution in [0.3, 0.4) is 0 Å². The second kappa shape index (κ2) is 11.0. The monoisotopic (exact) mass is 358 g/mol. The smallest absolute Gasteiger partial charge is 0.338 e. The number of alkyl halides is 1. The molecule has 24 heavy (non-hydrogen) atoms. The molecule has 1 aromatic rings.